The molecule has 17 heavy (non-hydrogen) atoms. The summed E-state index contributed by atoms with van der Waals surface area (Å²) in [5.41, 5.74) is -1.37. The Morgan fingerprint density at radius 3 is 1.82 bits per heavy atom. The molecule has 1 aromatic rings. The quantitative estimate of drug-likeness (QED) is 0.373. The van der Waals surface area contributed by atoms with Gasteiger partial charge in [-0.3, -0.25) is 0 Å². The van der Waals surface area contributed by atoms with E-state index in [2.05, 4.69) is 0 Å². The van der Waals surface area contributed by atoms with Gasteiger partial charge in [-0.15, -0.1) is 0 Å². The summed E-state index contributed by atoms with van der Waals surface area (Å²) in [6, 6.07) is 8.49. The first-order valence-corrected chi connectivity index (χ1v) is 4.43. The average Bonchev–Trinajstić information content (AvgIpc) is 2.18. The van der Waals surface area contributed by atoms with Gasteiger partial charge in [0.15, 0.2) is 0 Å². The van der Waals surface area contributed by atoms with Crippen molar-refractivity contribution in [2.24, 2.45) is 5.41 Å². The fraction of sp³-hybridized carbons (Fsp3) is 0.273. The van der Waals surface area contributed by atoms with Gasteiger partial charge in [0, 0.05) is 0 Å². The Hall–Kier alpha value is -0.645. The van der Waals surface area contributed by atoms with Gasteiger partial charge in [-0.05, 0) is 18.9 Å². The third-order valence-electron chi connectivity index (χ3n) is 2.30. The monoisotopic (exact) mass is 220 g/mol. The normalized spacial score (nSPS) is 9.71. The van der Waals surface area contributed by atoms with Crippen LogP contribution in [-0.4, -0.2) is 11.9 Å². The van der Waals surface area contributed by atoms with Crippen molar-refractivity contribution in [3.8, 4) is 0 Å². The molecule has 1 rings (SSSR count). The van der Waals surface area contributed by atoms with Crippen molar-refractivity contribution in [3.05, 3.63) is 35.9 Å². The molecule has 0 radical (unpaired) electrons. The molecule has 0 spiro atoms. The Morgan fingerprint density at radius 2 is 1.47 bits per heavy atom. The molecule has 0 heterocycles. The van der Waals surface area contributed by atoms with Gasteiger partial charge < -0.3 is 19.8 Å². The third-order valence-corrected chi connectivity index (χ3v) is 2.30. The molecule has 0 unspecified atom stereocenters. The number of hydrogen-bond donors (Lipinski definition) is 0. The van der Waals surface area contributed by atoms with Crippen LogP contribution in [-0.2, 0) is 16.0 Å². The molecule has 0 aromatic heterocycles. The van der Waals surface area contributed by atoms with Crippen LogP contribution < -0.4 is 47.9 Å². The van der Waals surface area contributed by atoms with Crippen molar-refractivity contribution in [2.45, 2.75) is 13.3 Å². The van der Waals surface area contributed by atoms with E-state index >= 15 is 0 Å². The molecule has 0 aliphatic carbocycles. The number of carbonyl (C=O) groups is 2. The van der Waals surface area contributed by atoms with Crippen LogP contribution in [0.5, 0.6) is 0 Å². The summed E-state index contributed by atoms with van der Waals surface area (Å²) in [4.78, 5) is 21.5. The molecular formula is C11H10Li2O4. The summed E-state index contributed by atoms with van der Waals surface area (Å²) in [6.07, 6.45) is -0.140. The third kappa shape index (κ3) is 4.62. The first-order chi connectivity index (χ1) is 6.97. The molecule has 0 aliphatic heterocycles. The predicted molar refractivity (Wildman–Crippen MR) is 48.3 cm³/mol. The zero-order valence-electron chi connectivity index (χ0n) is 10.2. The van der Waals surface area contributed by atoms with E-state index in [0.29, 0.717) is 5.56 Å². The van der Waals surface area contributed by atoms with Crippen molar-refractivity contribution in [3.63, 3.8) is 0 Å². The summed E-state index contributed by atoms with van der Waals surface area (Å²) in [7, 11) is 0. The molecule has 0 atom stereocenters. The zero-order chi connectivity index (χ0) is 11.5. The van der Waals surface area contributed by atoms with Crippen LogP contribution in [0.15, 0.2) is 30.3 Å². The van der Waals surface area contributed by atoms with E-state index in [4.69, 9.17) is 0 Å². The van der Waals surface area contributed by atoms with Crippen LogP contribution in [0.1, 0.15) is 12.5 Å². The molecule has 0 saturated heterocycles. The van der Waals surface area contributed by atoms with Crippen molar-refractivity contribution in [1.29, 1.82) is 0 Å². The van der Waals surface area contributed by atoms with E-state index in [9.17, 15) is 19.8 Å². The van der Waals surface area contributed by atoms with Crippen molar-refractivity contribution < 1.29 is 57.5 Å². The summed E-state index contributed by atoms with van der Waals surface area (Å²) < 4.78 is 0. The van der Waals surface area contributed by atoms with Crippen molar-refractivity contribution in [2.75, 3.05) is 0 Å². The average molecular weight is 220 g/mol. The molecule has 0 amide bonds. The van der Waals surface area contributed by atoms with Crippen LogP contribution >= 0.6 is 0 Å². The second-order valence-electron chi connectivity index (χ2n) is 3.57. The molecule has 1 aromatic carbocycles. The number of carboxylic acid groups (broad SMARTS) is 2. The van der Waals surface area contributed by atoms with E-state index in [1.807, 2.05) is 0 Å². The molecular weight excluding hydrogens is 210 g/mol. The second kappa shape index (κ2) is 7.64. The standard InChI is InChI=1S/C11H12O4.2Li/c1-11(9(12)13,10(14)15)7-8-5-3-2-4-6-8;;/h2-6H,7H2,1H3,(H,12,13)(H,14,15);;/q;2*+1/p-2. The molecule has 0 aliphatic rings. The van der Waals surface area contributed by atoms with Gasteiger partial charge in [0.05, 0.1) is 17.4 Å². The largest absolute Gasteiger partial charge is 1.00 e. The van der Waals surface area contributed by atoms with Crippen molar-refractivity contribution in [1.82, 2.24) is 0 Å². The minimum absolute atomic E-state index is 0. The van der Waals surface area contributed by atoms with Gasteiger partial charge in [0.25, 0.3) is 0 Å². The van der Waals surface area contributed by atoms with Gasteiger partial charge in [0.2, 0.25) is 0 Å². The maximum absolute atomic E-state index is 10.7. The smallest absolute Gasteiger partial charge is 0.549 e. The topological polar surface area (TPSA) is 80.3 Å². The second-order valence-corrected chi connectivity index (χ2v) is 3.57. The maximum atomic E-state index is 10.7. The van der Waals surface area contributed by atoms with Crippen LogP contribution in [0.2, 0.25) is 0 Å². The number of hydrogen-bond acceptors (Lipinski definition) is 4. The number of carbonyl (C=O) groups excluding carboxylic acids is 2. The van der Waals surface area contributed by atoms with E-state index in [0.717, 1.165) is 6.92 Å². The summed E-state index contributed by atoms with van der Waals surface area (Å²) in [5.74, 6) is -3.27. The van der Waals surface area contributed by atoms with Gasteiger partial charge in [-0.1, -0.05) is 30.3 Å². The Balaban J connectivity index is 0. The first-order valence-electron chi connectivity index (χ1n) is 4.43. The molecule has 80 valence electrons. The summed E-state index contributed by atoms with van der Waals surface area (Å²) >= 11 is 0. The maximum Gasteiger partial charge on any atom is 1.00 e. The zero-order valence-corrected chi connectivity index (χ0v) is 10.2. The van der Waals surface area contributed by atoms with Crippen molar-refractivity contribution >= 4 is 11.9 Å². The van der Waals surface area contributed by atoms with E-state index in [1.54, 1.807) is 30.3 Å². The Morgan fingerprint density at radius 1 is 1.06 bits per heavy atom. The number of rotatable bonds is 4. The van der Waals surface area contributed by atoms with E-state index in [-0.39, 0.29) is 44.1 Å². The van der Waals surface area contributed by atoms with Gasteiger partial charge in [-0.2, -0.15) is 0 Å². The Labute approximate surface area is 124 Å². The van der Waals surface area contributed by atoms with Crippen LogP contribution in [0.25, 0.3) is 0 Å². The fourth-order valence-corrected chi connectivity index (χ4v) is 1.23. The summed E-state index contributed by atoms with van der Waals surface area (Å²) in [6.45, 7) is 1.09. The Bertz CT molecular complexity index is 364. The van der Waals surface area contributed by atoms with Gasteiger partial charge >= 0.3 is 37.7 Å². The molecule has 0 N–H and O–H groups in total. The minimum Gasteiger partial charge on any atom is -0.549 e. The minimum atomic E-state index is -1.98. The van der Waals surface area contributed by atoms with E-state index < -0.39 is 17.4 Å². The summed E-state index contributed by atoms with van der Waals surface area (Å²) in [5, 5.41) is 21.5. The molecule has 4 nitrogen and oxygen atoms in total. The number of benzene rings is 1. The first kappa shape index (κ1) is 18.7. The van der Waals surface area contributed by atoms with Crippen LogP contribution in [0.3, 0.4) is 0 Å². The fourth-order valence-electron chi connectivity index (χ4n) is 1.23. The molecule has 0 bridgehead atoms. The van der Waals surface area contributed by atoms with E-state index in [1.165, 1.54) is 0 Å². The molecule has 0 fully saturated rings. The molecule has 0 saturated carbocycles. The van der Waals surface area contributed by atoms with Gasteiger partial charge in [-0.25, -0.2) is 0 Å². The SMILES string of the molecule is CC(Cc1ccccc1)(C(=O)[O-])C(=O)[O-].[Li+].[Li+]. The number of aliphatic carboxylic acids is 2. The van der Waals surface area contributed by atoms with Gasteiger partial charge in [0.1, 0.15) is 0 Å². The molecule has 6 heteroatoms. The number of carboxylic acids is 2. The predicted octanol–water partition coefficient (Wildman–Crippen LogP) is -7.26. The van der Waals surface area contributed by atoms with Crippen LogP contribution in [0.4, 0.5) is 0 Å². The Kier molecular flexibility index (Phi) is 8.41. The van der Waals surface area contributed by atoms with Crippen LogP contribution in [0, 0.1) is 5.41 Å².